The predicted octanol–water partition coefficient (Wildman–Crippen LogP) is 3.20. The first-order valence-corrected chi connectivity index (χ1v) is 10.0. The Bertz CT molecular complexity index is 694. The van der Waals surface area contributed by atoms with E-state index in [-0.39, 0.29) is 0 Å². The highest BCUT2D eigenvalue weighted by molar-refractivity contribution is 5.79. The van der Waals surface area contributed by atoms with Crippen LogP contribution in [0.15, 0.2) is 33.9 Å². The van der Waals surface area contributed by atoms with Gasteiger partial charge in [0.05, 0.1) is 0 Å². The second-order valence-corrected chi connectivity index (χ2v) is 7.05. The van der Waals surface area contributed by atoms with Crippen molar-refractivity contribution in [2.75, 3.05) is 20.1 Å². The summed E-state index contributed by atoms with van der Waals surface area (Å²) >= 11 is 0. The van der Waals surface area contributed by atoms with Crippen molar-refractivity contribution in [3.63, 3.8) is 0 Å². The molecule has 7 heteroatoms. The molecule has 0 aromatic carbocycles. The van der Waals surface area contributed by atoms with E-state index >= 15 is 0 Å². The number of unbranched alkanes of at least 4 members (excludes halogenated alkanes) is 1. The Labute approximate surface area is 161 Å². The highest BCUT2D eigenvalue weighted by atomic mass is 16.5. The summed E-state index contributed by atoms with van der Waals surface area (Å²) in [6, 6.07) is 5.61. The molecule has 0 amide bonds. The van der Waals surface area contributed by atoms with Crippen molar-refractivity contribution in [3.8, 4) is 11.6 Å². The lowest BCUT2D eigenvalue weighted by Crippen LogP contribution is -2.38. The van der Waals surface area contributed by atoms with Crippen LogP contribution in [-0.2, 0) is 6.42 Å². The summed E-state index contributed by atoms with van der Waals surface area (Å²) in [5.74, 6) is 2.92. The second kappa shape index (κ2) is 10.6. The van der Waals surface area contributed by atoms with Gasteiger partial charge < -0.3 is 15.2 Å². The number of nitrogens with zero attached hydrogens (tertiary/aromatic N) is 4. The molecule has 27 heavy (non-hydrogen) atoms. The van der Waals surface area contributed by atoms with Crippen LogP contribution in [-0.4, -0.2) is 41.2 Å². The fraction of sp³-hybridized carbons (Fsp3) is 0.600. The molecule has 1 saturated carbocycles. The van der Waals surface area contributed by atoms with Crippen LogP contribution in [0.4, 0.5) is 0 Å². The minimum absolute atomic E-state index is 0.454. The van der Waals surface area contributed by atoms with Gasteiger partial charge in [-0.15, -0.1) is 0 Å². The molecule has 0 bridgehead atoms. The van der Waals surface area contributed by atoms with E-state index in [1.54, 1.807) is 13.2 Å². The van der Waals surface area contributed by atoms with Gasteiger partial charge in [0.25, 0.3) is 5.89 Å². The molecule has 2 aromatic heterocycles. The highest BCUT2D eigenvalue weighted by Gasteiger charge is 2.14. The molecule has 7 nitrogen and oxygen atoms in total. The molecule has 3 rings (SSSR count). The Kier molecular flexibility index (Phi) is 7.62. The fourth-order valence-electron chi connectivity index (χ4n) is 3.53. The number of guanidine groups is 1. The molecular formula is C20H30N6O. The van der Waals surface area contributed by atoms with Gasteiger partial charge in [-0.2, -0.15) is 4.98 Å². The van der Waals surface area contributed by atoms with Gasteiger partial charge in [0.15, 0.2) is 11.8 Å². The van der Waals surface area contributed by atoms with Crippen molar-refractivity contribution in [3.05, 3.63) is 30.2 Å². The topological polar surface area (TPSA) is 88.2 Å². The first-order valence-electron chi connectivity index (χ1n) is 10.0. The summed E-state index contributed by atoms with van der Waals surface area (Å²) < 4.78 is 5.27. The molecule has 0 radical (unpaired) electrons. The second-order valence-electron chi connectivity index (χ2n) is 7.05. The summed E-state index contributed by atoms with van der Waals surface area (Å²) in [5.41, 5.74) is 0.694. The van der Waals surface area contributed by atoms with E-state index < -0.39 is 0 Å². The smallest absolute Gasteiger partial charge is 0.276 e. The SMILES string of the molecule is CN=C(NCCCCC1CCCC1)NCCc1noc(-c2ccccn2)n1. The molecule has 146 valence electrons. The van der Waals surface area contributed by atoms with Gasteiger partial charge in [-0.05, 0) is 24.5 Å². The molecular weight excluding hydrogens is 340 g/mol. The molecule has 0 spiro atoms. The summed E-state index contributed by atoms with van der Waals surface area (Å²) in [6.45, 7) is 1.65. The van der Waals surface area contributed by atoms with E-state index in [9.17, 15) is 0 Å². The minimum Gasteiger partial charge on any atom is -0.356 e. The van der Waals surface area contributed by atoms with Gasteiger partial charge in [-0.25, -0.2) is 0 Å². The maximum absolute atomic E-state index is 5.27. The summed E-state index contributed by atoms with van der Waals surface area (Å²) in [6.07, 6.45) is 12.0. The van der Waals surface area contributed by atoms with E-state index in [4.69, 9.17) is 4.52 Å². The van der Waals surface area contributed by atoms with Crippen LogP contribution in [0, 0.1) is 5.92 Å². The lowest BCUT2D eigenvalue weighted by Gasteiger charge is -2.12. The zero-order valence-electron chi connectivity index (χ0n) is 16.2. The molecule has 0 unspecified atom stereocenters. The third-order valence-electron chi connectivity index (χ3n) is 5.02. The monoisotopic (exact) mass is 370 g/mol. The van der Waals surface area contributed by atoms with E-state index in [1.165, 1.54) is 44.9 Å². The normalized spacial score (nSPS) is 15.2. The minimum atomic E-state index is 0.454. The molecule has 0 saturated heterocycles. The van der Waals surface area contributed by atoms with E-state index in [0.717, 1.165) is 18.4 Å². The highest BCUT2D eigenvalue weighted by Crippen LogP contribution is 2.28. The number of rotatable bonds is 9. The maximum atomic E-state index is 5.27. The third kappa shape index (κ3) is 6.34. The largest absolute Gasteiger partial charge is 0.356 e. The van der Waals surface area contributed by atoms with Crippen molar-refractivity contribution in [2.24, 2.45) is 10.9 Å². The van der Waals surface area contributed by atoms with E-state index in [1.807, 2.05) is 18.2 Å². The average Bonchev–Trinajstić information content (AvgIpc) is 3.39. The Hall–Kier alpha value is -2.44. The van der Waals surface area contributed by atoms with E-state index in [2.05, 4.69) is 30.8 Å². The van der Waals surface area contributed by atoms with Gasteiger partial charge in [-0.3, -0.25) is 9.98 Å². The molecule has 0 aliphatic heterocycles. The first kappa shape index (κ1) is 19.3. The van der Waals surface area contributed by atoms with Crippen molar-refractivity contribution in [1.82, 2.24) is 25.8 Å². The van der Waals surface area contributed by atoms with Crippen LogP contribution in [0.2, 0.25) is 0 Å². The summed E-state index contributed by atoms with van der Waals surface area (Å²) in [5, 5.41) is 10.7. The van der Waals surface area contributed by atoms with Crippen molar-refractivity contribution < 1.29 is 4.52 Å². The summed E-state index contributed by atoms with van der Waals surface area (Å²) in [7, 11) is 1.79. The van der Waals surface area contributed by atoms with Gasteiger partial charge in [0, 0.05) is 32.8 Å². The fourth-order valence-corrected chi connectivity index (χ4v) is 3.53. The number of nitrogens with one attached hydrogen (secondary N) is 2. The Morgan fingerprint density at radius 2 is 2.04 bits per heavy atom. The third-order valence-corrected chi connectivity index (χ3v) is 5.02. The standard InChI is InChI=1S/C20H30N6O/c1-21-20(23-14-6-4-10-16-8-2-3-9-16)24-15-12-18-25-19(27-26-18)17-11-5-7-13-22-17/h5,7,11,13,16H,2-4,6,8-10,12,14-15H2,1H3,(H2,21,23,24). The molecule has 1 aliphatic carbocycles. The van der Waals surface area contributed by atoms with Crippen molar-refractivity contribution >= 4 is 5.96 Å². The number of hydrogen-bond acceptors (Lipinski definition) is 5. The molecule has 1 aliphatic rings. The van der Waals surface area contributed by atoms with Gasteiger partial charge in [-0.1, -0.05) is 49.7 Å². The van der Waals surface area contributed by atoms with Crippen LogP contribution in [0.1, 0.15) is 50.8 Å². The average molecular weight is 371 g/mol. The van der Waals surface area contributed by atoms with Crippen LogP contribution in [0.25, 0.3) is 11.6 Å². The van der Waals surface area contributed by atoms with Crippen LogP contribution in [0.5, 0.6) is 0 Å². The quantitative estimate of drug-likeness (QED) is 0.400. The lowest BCUT2D eigenvalue weighted by atomic mass is 10.0. The van der Waals surface area contributed by atoms with Crippen LogP contribution < -0.4 is 10.6 Å². The predicted molar refractivity (Wildman–Crippen MR) is 106 cm³/mol. The molecule has 2 aromatic rings. The van der Waals surface area contributed by atoms with E-state index in [0.29, 0.717) is 30.4 Å². The van der Waals surface area contributed by atoms with Crippen LogP contribution in [0.3, 0.4) is 0 Å². The number of pyridine rings is 1. The molecule has 2 N–H and O–H groups in total. The summed E-state index contributed by atoms with van der Waals surface area (Å²) in [4.78, 5) is 12.9. The van der Waals surface area contributed by atoms with Crippen molar-refractivity contribution in [2.45, 2.75) is 51.4 Å². The molecule has 2 heterocycles. The first-order chi connectivity index (χ1) is 13.3. The maximum Gasteiger partial charge on any atom is 0.276 e. The number of hydrogen-bond donors (Lipinski definition) is 2. The van der Waals surface area contributed by atoms with Crippen LogP contribution >= 0.6 is 0 Å². The Morgan fingerprint density at radius 3 is 2.81 bits per heavy atom. The Balaban J connectivity index is 1.31. The zero-order valence-corrected chi connectivity index (χ0v) is 16.2. The number of aromatic nitrogens is 3. The zero-order chi connectivity index (χ0) is 18.7. The van der Waals surface area contributed by atoms with Gasteiger partial charge in [0.2, 0.25) is 0 Å². The van der Waals surface area contributed by atoms with Gasteiger partial charge >= 0.3 is 0 Å². The lowest BCUT2D eigenvalue weighted by molar-refractivity contribution is 0.421. The Morgan fingerprint density at radius 1 is 1.19 bits per heavy atom. The van der Waals surface area contributed by atoms with Crippen molar-refractivity contribution in [1.29, 1.82) is 0 Å². The molecule has 1 fully saturated rings. The van der Waals surface area contributed by atoms with Gasteiger partial charge in [0.1, 0.15) is 5.69 Å². The number of aliphatic imine (C=N–C) groups is 1. The molecule has 0 atom stereocenters.